The van der Waals surface area contributed by atoms with Crippen molar-refractivity contribution < 1.29 is 9.90 Å². The summed E-state index contributed by atoms with van der Waals surface area (Å²) >= 11 is 0. The Labute approximate surface area is 89.3 Å². The molecule has 2 atom stereocenters. The molecule has 1 N–H and O–H groups in total. The number of nitrogens with zero attached hydrogens (tertiary/aromatic N) is 1. The molecule has 1 fully saturated rings. The third kappa shape index (κ3) is 2.02. The highest BCUT2D eigenvalue weighted by molar-refractivity contribution is 5.70. The second-order valence-electron chi connectivity index (χ2n) is 4.14. The predicted octanol–water partition coefficient (Wildman–Crippen LogP) is 1.76. The van der Waals surface area contributed by atoms with E-state index in [9.17, 15) is 4.79 Å². The van der Waals surface area contributed by atoms with Gasteiger partial charge in [0, 0.05) is 12.6 Å². The maximum atomic E-state index is 10.9. The summed E-state index contributed by atoms with van der Waals surface area (Å²) in [6.07, 6.45) is 0.718. The van der Waals surface area contributed by atoms with Gasteiger partial charge in [-0.2, -0.15) is 0 Å². The molecule has 1 heterocycles. The lowest BCUT2D eigenvalue weighted by Crippen LogP contribution is -2.20. The maximum absolute atomic E-state index is 10.9. The van der Waals surface area contributed by atoms with E-state index < -0.39 is 5.97 Å². The van der Waals surface area contributed by atoms with Gasteiger partial charge in [-0.3, -0.25) is 9.69 Å². The number of aliphatic carboxylic acids is 1. The standard InChI is InChI=1S/C12H15NO2/c1-13-8-10(12(14)15)7-11(13)9-5-3-2-4-6-9/h2-6,10-11H,7-8H2,1H3,(H,14,15)/t10-,11+/m0/s1. The van der Waals surface area contributed by atoms with Gasteiger partial charge < -0.3 is 5.11 Å². The van der Waals surface area contributed by atoms with Crippen molar-refractivity contribution in [3.63, 3.8) is 0 Å². The topological polar surface area (TPSA) is 40.5 Å². The van der Waals surface area contributed by atoms with E-state index in [-0.39, 0.29) is 12.0 Å². The van der Waals surface area contributed by atoms with Crippen LogP contribution in [-0.4, -0.2) is 29.6 Å². The molecule has 0 saturated carbocycles. The fraction of sp³-hybridized carbons (Fsp3) is 0.417. The van der Waals surface area contributed by atoms with E-state index >= 15 is 0 Å². The van der Waals surface area contributed by atoms with Crippen LogP contribution in [0.1, 0.15) is 18.0 Å². The number of hydrogen-bond acceptors (Lipinski definition) is 2. The first kappa shape index (κ1) is 10.2. The number of likely N-dealkylation sites (tertiary alicyclic amines) is 1. The van der Waals surface area contributed by atoms with Crippen LogP contribution in [0.25, 0.3) is 0 Å². The Balaban J connectivity index is 2.15. The summed E-state index contributed by atoms with van der Waals surface area (Å²) in [7, 11) is 1.99. The molecule has 1 aliphatic rings. The van der Waals surface area contributed by atoms with Crippen LogP contribution in [0.2, 0.25) is 0 Å². The van der Waals surface area contributed by atoms with Crippen LogP contribution >= 0.6 is 0 Å². The number of hydrogen-bond donors (Lipinski definition) is 1. The molecule has 1 aliphatic heterocycles. The molecule has 80 valence electrons. The minimum Gasteiger partial charge on any atom is -0.481 e. The van der Waals surface area contributed by atoms with Gasteiger partial charge in [0.1, 0.15) is 0 Å². The summed E-state index contributed by atoms with van der Waals surface area (Å²) in [6, 6.07) is 10.4. The molecule has 15 heavy (non-hydrogen) atoms. The second kappa shape index (κ2) is 4.03. The van der Waals surface area contributed by atoms with Crippen LogP contribution in [0, 0.1) is 5.92 Å². The van der Waals surface area contributed by atoms with Crippen LogP contribution in [0.3, 0.4) is 0 Å². The number of carbonyl (C=O) groups is 1. The first-order chi connectivity index (χ1) is 7.18. The fourth-order valence-electron chi connectivity index (χ4n) is 2.24. The van der Waals surface area contributed by atoms with E-state index in [1.807, 2.05) is 25.2 Å². The van der Waals surface area contributed by atoms with Gasteiger partial charge in [-0.25, -0.2) is 0 Å². The third-order valence-corrected chi connectivity index (χ3v) is 3.08. The lowest BCUT2D eigenvalue weighted by atomic mass is 10.0. The number of carboxylic acid groups (broad SMARTS) is 1. The van der Waals surface area contributed by atoms with Crippen molar-refractivity contribution in [3.05, 3.63) is 35.9 Å². The zero-order valence-corrected chi connectivity index (χ0v) is 8.76. The highest BCUT2D eigenvalue weighted by atomic mass is 16.4. The van der Waals surface area contributed by atoms with Crippen LogP contribution in [0.5, 0.6) is 0 Å². The first-order valence-electron chi connectivity index (χ1n) is 5.16. The van der Waals surface area contributed by atoms with E-state index in [1.165, 1.54) is 5.56 Å². The highest BCUT2D eigenvalue weighted by Gasteiger charge is 2.34. The summed E-state index contributed by atoms with van der Waals surface area (Å²) in [5, 5.41) is 8.97. The van der Waals surface area contributed by atoms with Crippen molar-refractivity contribution in [1.82, 2.24) is 4.90 Å². The minimum atomic E-state index is -0.680. The van der Waals surface area contributed by atoms with Gasteiger partial charge in [0.15, 0.2) is 0 Å². The lowest BCUT2D eigenvalue weighted by molar-refractivity contribution is -0.141. The Morgan fingerprint density at radius 2 is 2.07 bits per heavy atom. The van der Waals surface area contributed by atoms with Crippen molar-refractivity contribution in [2.45, 2.75) is 12.5 Å². The van der Waals surface area contributed by atoms with Crippen LogP contribution in [0.15, 0.2) is 30.3 Å². The molecular weight excluding hydrogens is 190 g/mol. The average Bonchev–Trinajstić information content (AvgIpc) is 2.62. The molecule has 0 radical (unpaired) electrons. The van der Waals surface area contributed by atoms with Crippen molar-refractivity contribution >= 4 is 5.97 Å². The van der Waals surface area contributed by atoms with Crippen molar-refractivity contribution in [1.29, 1.82) is 0 Å². The van der Waals surface area contributed by atoms with Gasteiger partial charge in [-0.15, -0.1) is 0 Å². The van der Waals surface area contributed by atoms with Gasteiger partial charge in [0.25, 0.3) is 0 Å². The molecule has 0 bridgehead atoms. The second-order valence-corrected chi connectivity index (χ2v) is 4.14. The van der Waals surface area contributed by atoms with Crippen LogP contribution < -0.4 is 0 Å². The monoisotopic (exact) mass is 205 g/mol. The number of rotatable bonds is 2. The quantitative estimate of drug-likeness (QED) is 0.799. The molecule has 1 saturated heterocycles. The van der Waals surface area contributed by atoms with E-state index in [0.29, 0.717) is 6.54 Å². The number of carboxylic acids is 1. The van der Waals surface area contributed by atoms with E-state index in [1.54, 1.807) is 0 Å². The molecule has 0 aliphatic carbocycles. The maximum Gasteiger partial charge on any atom is 0.307 e. The van der Waals surface area contributed by atoms with Gasteiger partial charge in [0.05, 0.1) is 5.92 Å². The molecule has 2 rings (SSSR count). The molecular formula is C12H15NO2. The van der Waals surface area contributed by atoms with Gasteiger partial charge >= 0.3 is 5.97 Å². The van der Waals surface area contributed by atoms with E-state index in [2.05, 4.69) is 17.0 Å². The summed E-state index contributed by atoms with van der Waals surface area (Å²) in [4.78, 5) is 13.0. The van der Waals surface area contributed by atoms with E-state index in [4.69, 9.17) is 5.11 Å². The molecule has 0 amide bonds. The Hall–Kier alpha value is -1.35. The summed E-state index contributed by atoms with van der Waals surface area (Å²) < 4.78 is 0. The molecule has 1 aromatic carbocycles. The Kier molecular flexibility index (Phi) is 2.73. The highest BCUT2D eigenvalue weighted by Crippen LogP contribution is 2.33. The smallest absolute Gasteiger partial charge is 0.307 e. The zero-order valence-electron chi connectivity index (χ0n) is 8.76. The average molecular weight is 205 g/mol. The first-order valence-corrected chi connectivity index (χ1v) is 5.16. The molecule has 3 nitrogen and oxygen atoms in total. The predicted molar refractivity (Wildman–Crippen MR) is 57.6 cm³/mol. The van der Waals surface area contributed by atoms with Crippen LogP contribution in [-0.2, 0) is 4.79 Å². The molecule has 3 heteroatoms. The van der Waals surface area contributed by atoms with E-state index in [0.717, 1.165) is 6.42 Å². The van der Waals surface area contributed by atoms with Crippen molar-refractivity contribution in [2.75, 3.05) is 13.6 Å². The Morgan fingerprint density at radius 1 is 1.40 bits per heavy atom. The lowest BCUT2D eigenvalue weighted by Gasteiger charge is -2.19. The fourth-order valence-corrected chi connectivity index (χ4v) is 2.24. The zero-order chi connectivity index (χ0) is 10.8. The Morgan fingerprint density at radius 3 is 2.60 bits per heavy atom. The molecule has 0 unspecified atom stereocenters. The normalized spacial score (nSPS) is 26.7. The largest absolute Gasteiger partial charge is 0.481 e. The third-order valence-electron chi connectivity index (χ3n) is 3.08. The van der Waals surface area contributed by atoms with Gasteiger partial charge in [0.2, 0.25) is 0 Å². The molecule has 0 aromatic heterocycles. The van der Waals surface area contributed by atoms with Gasteiger partial charge in [-0.1, -0.05) is 30.3 Å². The molecule has 1 aromatic rings. The van der Waals surface area contributed by atoms with Crippen molar-refractivity contribution in [3.8, 4) is 0 Å². The number of benzene rings is 1. The Bertz CT molecular complexity index is 350. The molecule has 0 spiro atoms. The van der Waals surface area contributed by atoms with Crippen molar-refractivity contribution in [2.24, 2.45) is 5.92 Å². The minimum absolute atomic E-state index is 0.222. The SMILES string of the molecule is CN1C[C@@H](C(=O)O)C[C@@H]1c1ccccc1. The van der Waals surface area contributed by atoms with Crippen LogP contribution in [0.4, 0.5) is 0 Å². The summed E-state index contributed by atoms with van der Waals surface area (Å²) in [5.74, 6) is -0.902. The van der Waals surface area contributed by atoms with Gasteiger partial charge in [-0.05, 0) is 19.0 Å². The summed E-state index contributed by atoms with van der Waals surface area (Å²) in [6.45, 7) is 0.648. The summed E-state index contributed by atoms with van der Waals surface area (Å²) in [5.41, 5.74) is 1.21.